The molecule has 1 fully saturated rings. The fourth-order valence-electron chi connectivity index (χ4n) is 3.00. The predicted octanol–water partition coefficient (Wildman–Crippen LogP) is 6.16. The number of thioether (sulfide) groups is 1. The molecule has 7 nitrogen and oxygen atoms in total. The number of ether oxygens (including phenoxy) is 1. The number of amides is 3. The van der Waals surface area contributed by atoms with E-state index in [0.717, 1.165) is 21.6 Å². The van der Waals surface area contributed by atoms with Crippen molar-refractivity contribution in [3.63, 3.8) is 0 Å². The summed E-state index contributed by atoms with van der Waals surface area (Å²) in [6.45, 7) is 2.04. The molecule has 174 valence electrons. The van der Waals surface area contributed by atoms with E-state index in [9.17, 15) is 14.4 Å². The number of furan rings is 1. The van der Waals surface area contributed by atoms with Crippen LogP contribution < -0.4 is 10.1 Å². The fraction of sp³-hybridized carbons (Fsp3) is 0.125. The average Bonchev–Trinajstić information content (AvgIpc) is 3.36. The van der Waals surface area contributed by atoms with E-state index in [4.69, 9.17) is 20.8 Å². The number of hydrogen-bond acceptors (Lipinski definition) is 7. The summed E-state index contributed by atoms with van der Waals surface area (Å²) >= 11 is 8.08. The minimum Gasteiger partial charge on any atom is -0.494 e. The van der Waals surface area contributed by atoms with Crippen molar-refractivity contribution in [3.8, 4) is 5.75 Å². The smallest absolute Gasteiger partial charge is 0.294 e. The Kier molecular flexibility index (Phi) is 7.66. The molecule has 1 saturated heterocycles. The molecule has 0 bridgehead atoms. The third-order valence-electron chi connectivity index (χ3n) is 4.53. The fourth-order valence-corrected chi connectivity index (χ4v) is 4.72. The van der Waals surface area contributed by atoms with Gasteiger partial charge < -0.3 is 14.5 Å². The third-order valence-corrected chi connectivity index (χ3v) is 6.62. The quantitative estimate of drug-likeness (QED) is 0.360. The van der Waals surface area contributed by atoms with Gasteiger partial charge in [-0.05, 0) is 79.3 Å². The van der Waals surface area contributed by atoms with Crippen LogP contribution in [0.15, 0.2) is 80.0 Å². The summed E-state index contributed by atoms with van der Waals surface area (Å²) in [7, 11) is 0. The molecule has 1 N–H and O–H groups in total. The number of nitrogens with one attached hydrogen (secondary N) is 1. The molecular weight excluding hydrogens is 496 g/mol. The monoisotopic (exact) mass is 514 g/mol. The van der Waals surface area contributed by atoms with Crippen LogP contribution in [0.2, 0.25) is 5.02 Å². The van der Waals surface area contributed by atoms with E-state index < -0.39 is 17.1 Å². The van der Waals surface area contributed by atoms with Crippen LogP contribution in [0.3, 0.4) is 0 Å². The number of rotatable bonds is 8. The highest BCUT2D eigenvalue weighted by Crippen LogP contribution is 2.34. The number of halogens is 1. The first-order valence-corrected chi connectivity index (χ1v) is 12.2. The molecule has 1 aliphatic heterocycles. The van der Waals surface area contributed by atoms with Crippen LogP contribution in [0.4, 0.5) is 10.5 Å². The summed E-state index contributed by atoms with van der Waals surface area (Å²) in [6.07, 6.45) is 1.50. The van der Waals surface area contributed by atoms with Crippen LogP contribution in [0.25, 0.3) is 6.08 Å². The largest absolute Gasteiger partial charge is 0.494 e. The van der Waals surface area contributed by atoms with Crippen molar-refractivity contribution in [2.75, 3.05) is 18.5 Å². The molecule has 2 aromatic carbocycles. The highest BCUT2D eigenvalue weighted by atomic mass is 35.5. The predicted molar refractivity (Wildman–Crippen MR) is 133 cm³/mol. The molecule has 2 heterocycles. The van der Waals surface area contributed by atoms with E-state index in [0.29, 0.717) is 33.9 Å². The maximum atomic E-state index is 12.7. The summed E-state index contributed by atoms with van der Waals surface area (Å²) in [6, 6.07) is 17.6. The van der Waals surface area contributed by atoms with Crippen LogP contribution in [-0.2, 0) is 9.59 Å². The van der Waals surface area contributed by atoms with Gasteiger partial charge in [0.25, 0.3) is 11.1 Å². The standard InChI is InChI=1S/C24H19ClN2O5S2/c1-2-31-17-7-5-16(6-8-17)26-21(28)14-27-23(29)20(34-24(27)30)13-18-9-12-22(32-18)33-19-10-3-15(25)4-11-19/h3-13H,2,14H2,1H3,(H,26,28)/b20-13+. The van der Waals surface area contributed by atoms with Crippen molar-refractivity contribution in [1.29, 1.82) is 0 Å². The van der Waals surface area contributed by atoms with E-state index in [1.165, 1.54) is 17.8 Å². The van der Waals surface area contributed by atoms with Gasteiger partial charge in [0.2, 0.25) is 5.91 Å². The van der Waals surface area contributed by atoms with Crippen molar-refractivity contribution in [2.45, 2.75) is 16.9 Å². The molecule has 1 aliphatic rings. The Balaban J connectivity index is 1.37. The Morgan fingerprint density at radius 3 is 2.56 bits per heavy atom. The van der Waals surface area contributed by atoms with Gasteiger partial charge in [0.05, 0.1) is 11.5 Å². The van der Waals surface area contributed by atoms with E-state index in [-0.39, 0.29) is 11.4 Å². The third kappa shape index (κ3) is 6.05. The number of hydrogen-bond donors (Lipinski definition) is 1. The number of benzene rings is 2. The molecular formula is C24H19ClN2O5S2. The molecule has 34 heavy (non-hydrogen) atoms. The summed E-state index contributed by atoms with van der Waals surface area (Å²) in [5.74, 6) is 0.0949. The van der Waals surface area contributed by atoms with Gasteiger partial charge in [0.15, 0.2) is 5.09 Å². The second kappa shape index (κ2) is 10.9. The van der Waals surface area contributed by atoms with E-state index in [1.54, 1.807) is 48.5 Å². The summed E-state index contributed by atoms with van der Waals surface area (Å²) in [4.78, 5) is 39.5. The van der Waals surface area contributed by atoms with Crippen LogP contribution in [0, 0.1) is 0 Å². The lowest BCUT2D eigenvalue weighted by Gasteiger charge is -2.12. The van der Waals surface area contributed by atoms with Crippen molar-refractivity contribution in [1.82, 2.24) is 4.90 Å². The number of carbonyl (C=O) groups is 3. The van der Waals surface area contributed by atoms with Gasteiger partial charge in [-0.1, -0.05) is 23.4 Å². The number of imide groups is 1. The Morgan fingerprint density at radius 2 is 1.85 bits per heavy atom. The molecule has 0 saturated carbocycles. The second-order valence-electron chi connectivity index (χ2n) is 6.99. The summed E-state index contributed by atoms with van der Waals surface area (Å²) in [5, 5.41) is 3.44. The maximum absolute atomic E-state index is 12.7. The number of nitrogens with zero attached hydrogens (tertiary/aromatic N) is 1. The van der Waals surface area contributed by atoms with Gasteiger partial charge >= 0.3 is 0 Å². The number of anilines is 1. The van der Waals surface area contributed by atoms with Crippen LogP contribution in [0.5, 0.6) is 5.75 Å². The molecule has 0 unspecified atom stereocenters. The summed E-state index contributed by atoms with van der Waals surface area (Å²) in [5.41, 5.74) is 0.539. The highest BCUT2D eigenvalue weighted by molar-refractivity contribution is 8.18. The molecule has 4 rings (SSSR count). The van der Waals surface area contributed by atoms with Crippen LogP contribution in [-0.4, -0.2) is 35.1 Å². The first kappa shape index (κ1) is 24.0. The molecule has 0 atom stereocenters. The normalized spacial score (nSPS) is 14.6. The van der Waals surface area contributed by atoms with Crippen molar-refractivity contribution in [2.24, 2.45) is 0 Å². The Hall–Kier alpha value is -3.14. The zero-order chi connectivity index (χ0) is 24.1. The first-order chi connectivity index (χ1) is 16.4. The van der Waals surface area contributed by atoms with Crippen LogP contribution >= 0.6 is 35.1 Å². The maximum Gasteiger partial charge on any atom is 0.294 e. The second-order valence-corrected chi connectivity index (χ2v) is 9.49. The Labute approximate surface area is 209 Å². The summed E-state index contributed by atoms with van der Waals surface area (Å²) < 4.78 is 11.1. The molecule has 0 radical (unpaired) electrons. The lowest BCUT2D eigenvalue weighted by atomic mass is 10.3. The topological polar surface area (TPSA) is 88.8 Å². The minimum absolute atomic E-state index is 0.191. The van der Waals surface area contributed by atoms with Gasteiger partial charge in [0, 0.05) is 21.7 Å². The van der Waals surface area contributed by atoms with Gasteiger partial charge in [-0.2, -0.15) is 0 Å². The van der Waals surface area contributed by atoms with Gasteiger partial charge in [-0.3, -0.25) is 19.3 Å². The average molecular weight is 515 g/mol. The molecule has 3 aromatic rings. The van der Waals surface area contributed by atoms with Crippen molar-refractivity contribution in [3.05, 3.63) is 76.4 Å². The Morgan fingerprint density at radius 1 is 1.12 bits per heavy atom. The highest BCUT2D eigenvalue weighted by Gasteiger charge is 2.36. The minimum atomic E-state index is -0.542. The first-order valence-electron chi connectivity index (χ1n) is 10.2. The SMILES string of the molecule is CCOc1ccc(NC(=O)CN2C(=O)S/C(=C/c3ccc(Sc4ccc(Cl)cc4)o3)C2=O)cc1. The van der Waals surface area contributed by atoms with Crippen LogP contribution in [0.1, 0.15) is 12.7 Å². The Bertz CT molecular complexity index is 1240. The zero-order valence-corrected chi connectivity index (χ0v) is 20.3. The molecule has 1 aromatic heterocycles. The zero-order valence-electron chi connectivity index (χ0n) is 17.9. The molecule has 0 aliphatic carbocycles. The van der Waals surface area contributed by atoms with E-state index in [1.807, 2.05) is 19.1 Å². The van der Waals surface area contributed by atoms with E-state index >= 15 is 0 Å². The lowest BCUT2D eigenvalue weighted by Crippen LogP contribution is -2.36. The lowest BCUT2D eigenvalue weighted by molar-refractivity contribution is -0.127. The van der Waals surface area contributed by atoms with E-state index in [2.05, 4.69) is 5.32 Å². The molecule has 10 heteroatoms. The molecule has 3 amide bonds. The van der Waals surface area contributed by atoms with Crippen molar-refractivity contribution < 1.29 is 23.5 Å². The van der Waals surface area contributed by atoms with Gasteiger partial charge in [-0.15, -0.1) is 0 Å². The van der Waals surface area contributed by atoms with Gasteiger partial charge in [-0.25, -0.2) is 0 Å². The number of carbonyl (C=O) groups excluding carboxylic acids is 3. The van der Waals surface area contributed by atoms with Crippen molar-refractivity contribution >= 4 is 63.9 Å². The molecule has 0 spiro atoms. The van der Waals surface area contributed by atoms with Gasteiger partial charge in [0.1, 0.15) is 18.1 Å².